The smallest absolute Gasteiger partial charge is 0.168 e. The molecule has 0 nitrogen and oxygen atoms in total. The molecular formula is C8H7ClF3. The molecule has 0 amide bonds. The minimum atomic E-state index is -4.44. The van der Waals surface area contributed by atoms with Crippen LogP contribution in [0, 0.1) is 12.8 Å². The van der Waals surface area contributed by atoms with E-state index in [1.54, 1.807) is 0 Å². The van der Waals surface area contributed by atoms with E-state index >= 15 is 0 Å². The maximum atomic E-state index is 12.2. The van der Waals surface area contributed by atoms with Gasteiger partial charge in [-0.15, -0.1) is 11.6 Å². The van der Waals surface area contributed by atoms with E-state index in [-0.39, 0.29) is 5.92 Å². The van der Waals surface area contributed by atoms with Crippen molar-refractivity contribution in [3.63, 3.8) is 0 Å². The van der Waals surface area contributed by atoms with Gasteiger partial charge in [-0.2, -0.15) is 13.2 Å². The third-order valence-electron chi connectivity index (χ3n) is 1.61. The predicted molar refractivity (Wildman–Crippen MR) is 41.8 cm³/mol. The summed E-state index contributed by atoms with van der Waals surface area (Å²) in [7, 11) is 0. The van der Waals surface area contributed by atoms with Crippen molar-refractivity contribution in [1.82, 2.24) is 0 Å². The highest BCUT2D eigenvalue weighted by molar-refractivity contribution is 6.27. The lowest BCUT2D eigenvalue weighted by Gasteiger charge is -2.25. The number of hydrogen-bond donors (Lipinski definition) is 0. The van der Waals surface area contributed by atoms with Gasteiger partial charge >= 0.3 is 6.18 Å². The fraction of sp³-hybridized carbons (Fsp3) is 0.375. The average molecular weight is 196 g/mol. The van der Waals surface area contributed by atoms with E-state index in [2.05, 4.69) is 6.92 Å². The van der Waals surface area contributed by atoms with Gasteiger partial charge in [0.25, 0.3) is 0 Å². The Bertz CT molecular complexity index is 213. The summed E-state index contributed by atoms with van der Waals surface area (Å²) in [5.41, 5.74) is 0. The summed E-state index contributed by atoms with van der Waals surface area (Å²) in [4.78, 5) is -2.33. The molecule has 12 heavy (non-hydrogen) atoms. The molecule has 0 N–H and O–H groups in total. The number of rotatable bonds is 0. The molecule has 1 radical (unpaired) electrons. The highest BCUT2D eigenvalue weighted by Gasteiger charge is 2.50. The number of hydrogen-bond acceptors (Lipinski definition) is 0. The first kappa shape index (κ1) is 9.65. The van der Waals surface area contributed by atoms with Gasteiger partial charge in [-0.3, -0.25) is 0 Å². The van der Waals surface area contributed by atoms with Crippen molar-refractivity contribution in [2.45, 2.75) is 11.1 Å². The van der Waals surface area contributed by atoms with Gasteiger partial charge < -0.3 is 0 Å². The van der Waals surface area contributed by atoms with Gasteiger partial charge in [-0.1, -0.05) is 24.3 Å². The monoisotopic (exact) mass is 195 g/mol. The van der Waals surface area contributed by atoms with Gasteiger partial charge in [-0.05, 0) is 12.8 Å². The SMILES string of the molecule is [CH2]C1C=CC(Cl)(C(F)(F)F)C=C1. The van der Waals surface area contributed by atoms with Crippen LogP contribution in [0.1, 0.15) is 0 Å². The summed E-state index contributed by atoms with van der Waals surface area (Å²) < 4.78 is 36.6. The van der Waals surface area contributed by atoms with Gasteiger partial charge in [0.15, 0.2) is 4.87 Å². The van der Waals surface area contributed by atoms with Crippen molar-refractivity contribution < 1.29 is 13.2 Å². The quantitative estimate of drug-likeness (QED) is 0.412. The minimum Gasteiger partial charge on any atom is -0.168 e. The summed E-state index contributed by atoms with van der Waals surface area (Å²) in [6.07, 6.45) is 0.0706. The first-order chi connectivity index (χ1) is 5.35. The molecule has 67 valence electrons. The fourth-order valence-corrected chi connectivity index (χ4v) is 0.981. The van der Waals surface area contributed by atoms with Crippen LogP contribution >= 0.6 is 11.6 Å². The normalized spacial score (nSPS) is 35.6. The Labute approximate surface area is 73.7 Å². The van der Waals surface area contributed by atoms with Crippen LogP contribution in [-0.2, 0) is 0 Å². The van der Waals surface area contributed by atoms with E-state index < -0.39 is 11.1 Å². The van der Waals surface area contributed by atoms with Gasteiger partial charge in [0.1, 0.15) is 0 Å². The van der Waals surface area contributed by atoms with Crippen LogP contribution in [0.4, 0.5) is 13.2 Å². The molecule has 0 aromatic rings. The molecule has 0 saturated carbocycles. The summed E-state index contributed by atoms with van der Waals surface area (Å²) in [5, 5.41) is 0. The Morgan fingerprint density at radius 2 is 1.67 bits per heavy atom. The zero-order valence-electron chi connectivity index (χ0n) is 6.11. The maximum Gasteiger partial charge on any atom is 0.414 e. The van der Waals surface area contributed by atoms with Gasteiger partial charge in [-0.25, -0.2) is 0 Å². The standard InChI is InChI=1S/C8H7ClF3/c1-6-2-4-7(9,5-3-6)8(10,11)12/h2-6H,1H2. The molecule has 0 aromatic heterocycles. The molecule has 0 unspecified atom stereocenters. The summed E-state index contributed by atoms with van der Waals surface area (Å²) in [5.74, 6) is -0.223. The molecule has 4 heteroatoms. The summed E-state index contributed by atoms with van der Waals surface area (Å²) in [6, 6.07) is 0. The van der Waals surface area contributed by atoms with Crippen LogP contribution in [0.2, 0.25) is 0 Å². The number of halogens is 4. The van der Waals surface area contributed by atoms with Gasteiger partial charge in [0.05, 0.1) is 0 Å². The van der Waals surface area contributed by atoms with E-state index in [1.165, 1.54) is 12.2 Å². The van der Waals surface area contributed by atoms with E-state index in [9.17, 15) is 13.2 Å². The van der Waals surface area contributed by atoms with Crippen LogP contribution in [0.15, 0.2) is 24.3 Å². The first-order valence-electron chi connectivity index (χ1n) is 3.32. The molecule has 0 atom stereocenters. The predicted octanol–water partition coefficient (Wildman–Crippen LogP) is 3.10. The lowest BCUT2D eigenvalue weighted by molar-refractivity contribution is -0.139. The third-order valence-corrected chi connectivity index (χ3v) is 2.07. The molecule has 0 saturated heterocycles. The number of alkyl halides is 4. The van der Waals surface area contributed by atoms with E-state index in [0.717, 1.165) is 12.2 Å². The van der Waals surface area contributed by atoms with Gasteiger partial charge in [0, 0.05) is 0 Å². The van der Waals surface area contributed by atoms with Crippen LogP contribution in [0.3, 0.4) is 0 Å². The molecule has 1 aliphatic carbocycles. The highest BCUT2D eigenvalue weighted by Crippen LogP contribution is 2.40. The second-order valence-electron chi connectivity index (χ2n) is 2.65. The zero-order chi connectivity index (χ0) is 9.41. The molecule has 0 bridgehead atoms. The van der Waals surface area contributed by atoms with Crippen molar-refractivity contribution in [2.24, 2.45) is 5.92 Å². The Hall–Kier alpha value is -0.440. The molecule has 1 aliphatic rings. The first-order valence-corrected chi connectivity index (χ1v) is 3.70. The summed E-state index contributed by atoms with van der Waals surface area (Å²) >= 11 is 5.29. The Morgan fingerprint density at radius 3 is 2.00 bits per heavy atom. The second kappa shape index (κ2) is 2.80. The van der Waals surface area contributed by atoms with Crippen molar-refractivity contribution in [2.75, 3.05) is 0 Å². The van der Waals surface area contributed by atoms with Gasteiger partial charge in [0.2, 0.25) is 0 Å². The van der Waals surface area contributed by atoms with Crippen molar-refractivity contribution in [3.8, 4) is 0 Å². The van der Waals surface area contributed by atoms with E-state index in [1.807, 2.05) is 0 Å². The maximum absolute atomic E-state index is 12.2. The van der Waals surface area contributed by atoms with Crippen LogP contribution in [-0.4, -0.2) is 11.1 Å². The molecule has 0 aliphatic heterocycles. The van der Waals surface area contributed by atoms with E-state index in [0.29, 0.717) is 0 Å². The molecule has 0 fully saturated rings. The Kier molecular flexibility index (Phi) is 2.25. The average Bonchev–Trinajstić information content (AvgIpc) is 1.93. The number of allylic oxidation sites excluding steroid dienone is 4. The van der Waals surface area contributed by atoms with Crippen LogP contribution in [0.25, 0.3) is 0 Å². The lowest BCUT2D eigenvalue weighted by Crippen LogP contribution is -2.37. The zero-order valence-corrected chi connectivity index (χ0v) is 6.86. The highest BCUT2D eigenvalue weighted by atomic mass is 35.5. The summed E-state index contributed by atoms with van der Waals surface area (Å²) in [6.45, 7) is 3.55. The largest absolute Gasteiger partial charge is 0.414 e. The van der Waals surface area contributed by atoms with Crippen molar-refractivity contribution in [3.05, 3.63) is 31.2 Å². The molecule has 1 rings (SSSR count). The van der Waals surface area contributed by atoms with Crippen LogP contribution < -0.4 is 0 Å². The van der Waals surface area contributed by atoms with E-state index in [4.69, 9.17) is 11.6 Å². The molecule has 0 spiro atoms. The molecular weight excluding hydrogens is 189 g/mol. The lowest BCUT2D eigenvalue weighted by atomic mass is 9.96. The van der Waals surface area contributed by atoms with Crippen molar-refractivity contribution >= 4 is 11.6 Å². The fourth-order valence-electron chi connectivity index (χ4n) is 0.836. The Morgan fingerprint density at radius 1 is 1.25 bits per heavy atom. The minimum absolute atomic E-state index is 0.223. The van der Waals surface area contributed by atoms with Crippen LogP contribution in [0.5, 0.6) is 0 Å². The molecule has 0 heterocycles. The second-order valence-corrected chi connectivity index (χ2v) is 3.27. The Balaban J connectivity index is 2.89. The molecule has 0 aromatic carbocycles. The topological polar surface area (TPSA) is 0 Å². The van der Waals surface area contributed by atoms with Crippen molar-refractivity contribution in [1.29, 1.82) is 0 Å². The third kappa shape index (κ3) is 1.66.